The number of hydrogen-bond acceptors (Lipinski definition) is 2. The molecule has 0 unspecified atom stereocenters. The standard InChI is InChI=1S/C21H20O2/c1-2-20(15-6-3-4-7-15)21(16-10-12-18(22)13-11-16)17-8-5-9-19(23)14-17/h3,5-14,22-23H,2,4H2,1H3/b21-20+. The van der Waals surface area contributed by atoms with Crippen LogP contribution in [0.15, 0.2) is 77.9 Å². The van der Waals surface area contributed by atoms with E-state index in [0.717, 1.165) is 29.5 Å². The lowest BCUT2D eigenvalue weighted by Crippen LogP contribution is -1.96. The summed E-state index contributed by atoms with van der Waals surface area (Å²) in [6.07, 6.45) is 8.38. The zero-order valence-electron chi connectivity index (χ0n) is 13.2. The maximum Gasteiger partial charge on any atom is 0.116 e. The van der Waals surface area contributed by atoms with Crippen LogP contribution in [0.1, 0.15) is 30.9 Å². The molecule has 0 bridgehead atoms. The van der Waals surface area contributed by atoms with Crippen LogP contribution >= 0.6 is 0 Å². The van der Waals surface area contributed by atoms with Crippen molar-refractivity contribution >= 4 is 5.57 Å². The summed E-state index contributed by atoms with van der Waals surface area (Å²) in [5.41, 5.74) is 5.59. The first kappa shape index (κ1) is 15.2. The predicted molar refractivity (Wildman–Crippen MR) is 94.4 cm³/mol. The van der Waals surface area contributed by atoms with E-state index in [4.69, 9.17) is 0 Å². The first-order chi connectivity index (χ1) is 11.2. The molecule has 3 rings (SSSR count). The van der Waals surface area contributed by atoms with Crippen LogP contribution in [0.5, 0.6) is 11.5 Å². The van der Waals surface area contributed by atoms with Crippen molar-refractivity contribution in [2.24, 2.45) is 0 Å². The van der Waals surface area contributed by atoms with Gasteiger partial charge in [-0.3, -0.25) is 0 Å². The lowest BCUT2D eigenvalue weighted by molar-refractivity contribution is 0.474. The van der Waals surface area contributed by atoms with Gasteiger partial charge in [-0.05, 0) is 65.0 Å². The third-order valence-electron chi connectivity index (χ3n) is 4.07. The number of phenols is 2. The lowest BCUT2D eigenvalue weighted by Gasteiger charge is -2.16. The van der Waals surface area contributed by atoms with Crippen LogP contribution in [0.25, 0.3) is 5.57 Å². The van der Waals surface area contributed by atoms with E-state index >= 15 is 0 Å². The van der Waals surface area contributed by atoms with E-state index in [1.165, 1.54) is 11.1 Å². The highest BCUT2D eigenvalue weighted by atomic mass is 16.3. The van der Waals surface area contributed by atoms with Crippen molar-refractivity contribution in [1.29, 1.82) is 0 Å². The summed E-state index contributed by atoms with van der Waals surface area (Å²) >= 11 is 0. The Hall–Kier alpha value is -2.74. The van der Waals surface area contributed by atoms with Gasteiger partial charge in [0, 0.05) is 0 Å². The molecule has 2 nitrogen and oxygen atoms in total. The molecule has 0 saturated heterocycles. The van der Waals surface area contributed by atoms with E-state index in [0.29, 0.717) is 0 Å². The average molecular weight is 304 g/mol. The summed E-state index contributed by atoms with van der Waals surface area (Å²) in [5.74, 6) is 0.507. The van der Waals surface area contributed by atoms with Gasteiger partial charge in [0.05, 0.1) is 0 Å². The van der Waals surface area contributed by atoms with Gasteiger partial charge >= 0.3 is 0 Å². The van der Waals surface area contributed by atoms with Gasteiger partial charge in [0.2, 0.25) is 0 Å². The summed E-state index contributed by atoms with van der Waals surface area (Å²) in [5, 5.41) is 19.5. The molecule has 1 aliphatic carbocycles. The van der Waals surface area contributed by atoms with Crippen LogP contribution in [-0.2, 0) is 0 Å². The van der Waals surface area contributed by atoms with Crippen molar-refractivity contribution in [2.75, 3.05) is 0 Å². The van der Waals surface area contributed by atoms with Gasteiger partial charge in [0.25, 0.3) is 0 Å². The fraction of sp³-hybridized carbons (Fsp3) is 0.143. The highest BCUT2D eigenvalue weighted by Gasteiger charge is 2.15. The number of rotatable bonds is 4. The fourth-order valence-corrected chi connectivity index (χ4v) is 3.01. The van der Waals surface area contributed by atoms with Gasteiger partial charge in [-0.1, -0.05) is 49.4 Å². The van der Waals surface area contributed by atoms with Crippen LogP contribution < -0.4 is 0 Å². The molecular weight excluding hydrogens is 284 g/mol. The van der Waals surface area contributed by atoms with Crippen molar-refractivity contribution in [1.82, 2.24) is 0 Å². The Labute approximate surface area is 136 Å². The van der Waals surface area contributed by atoms with Gasteiger partial charge in [-0.25, -0.2) is 0 Å². The van der Waals surface area contributed by atoms with Crippen LogP contribution in [0.2, 0.25) is 0 Å². The Balaban J connectivity index is 2.24. The van der Waals surface area contributed by atoms with Gasteiger partial charge in [0.1, 0.15) is 11.5 Å². The third-order valence-corrected chi connectivity index (χ3v) is 4.07. The smallest absolute Gasteiger partial charge is 0.116 e. The molecule has 2 heteroatoms. The van der Waals surface area contributed by atoms with Gasteiger partial charge in [-0.15, -0.1) is 0 Å². The molecule has 116 valence electrons. The second-order valence-corrected chi connectivity index (χ2v) is 5.60. The first-order valence-corrected chi connectivity index (χ1v) is 7.88. The predicted octanol–water partition coefficient (Wildman–Crippen LogP) is 5.20. The Morgan fingerprint density at radius 3 is 2.35 bits per heavy atom. The van der Waals surface area contributed by atoms with Crippen LogP contribution in [0.4, 0.5) is 0 Å². The van der Waals surface area contributed by atoms with Crippen LogP contribution in [0, 0.1) is 0 Å². The molecule has 2 aromatic carbocycles. The Bertz CT molecular complexity index is 793. The van der Waals surface area contributed by atoms with E-state index in [-0.39, 0.29) is 11.5 Å². The Morgan fingerprint density at radius 1 is 0.957 bits per heavy atom. The summed E-state index contributed by atoms with van der Waals surface area (Å²) in [6.45, 7) is 2.14. The van der Waals surface area contributed by atoms with Gasteiger partial charge < -0.3 is 10.2 Å². The van der Waals surface area contributed by atoms with E-state index < -0.39 is 0 Å². The molecule has 0 fully saturated rings. The molecule has 1 aliphatic rings. The molecule has 0 spiro atoms. The number of hydrogen-bond donors (Lipinski definition) is 2. The van der Waals surface area contributed by atoms with E-state index in [9.17, 15) is 10.2 Å². The summed E-state index contributed by atoms with van der Waals surface area (Å²) in [6, 6.07) is 14.6. The zero-order chi connectivity index (χ0) is 16.2. The lowest BCUT2D eigenvalue weighted by atomic mass is 9.88. The summed E-state index contributed by atoms with van der Waals surface area (Å²) in [7, 11) is 0. The molecule has 0 aliphatic heterocycles. The normalized spacial score (nSPS) is 14.6. The minimum atomic E-state index is 0.252. The number of aromatic hydroxyl groups is 2. The largest absolute Gasteiger partial charge is 0.508 e. The molecule has 2 aromatic rings. The van der Waals surface area contributed by atoms with Crippen molar-refractivity contribution in [2.45, 2.75) is 19.8 Å². The van der Waals surface area contributed by atoms with E-state index in [1.54, 1.807) is 24.3 Å². The fourth-order valence-electron chi connectivity index (χ4n) is 3.01. The SMILES string of the molecule is CC/C(C1=CCC=C1)=C(/c1ccc(O)cc1)c1cccc(O)c1. The van der Waals surface area contributed by atoms with E-state index in [2.05, 4.69) is 25.2 Å². The van der Waals surface area contributed by atoms with Crippen molar-refractivity contribution in [3.63, 3.8) is 0 Å². The molecule has 2 N–H and O–H groups in total. The van der Waals surface area contributed by atoms with Crippen LogP contribution in [0.3, 0.4) is 0 Å². The summed E-state index contributed by atoms with van der Waals surface area (Å²) in [4.78, 5) is 0. The van der Waals surface area contributed by atoms with Crippen molar-refractivity contribution in [3.8, 4) is 11.5 Å². The van der Waals surface area contributed by atoms with Crippen molar-refractivity contribution < 1.29 is 10.2 Å². The quantitative estimate of drug-likeness (QED) is 0.815. The molecule has 23 heavy (non-hydrogen) atoms. The Kier molecular flexibility index (Phi) is 4.33. The minimum Gasteiger partial charge on any atom is -0.508 e. The molecule has 0 radical (unpaired) electrons. The van der Waals surface area contributed by atoms with Crippen LogP contribution in [-0.4, -0.2) is 10.2 Å². The minimum absolute atomic E-state index is 0.252. The molecule has 0 aromatic heterocycles. The maximum absolute atomic E-state index is 9.88. The number of allylic oxidation sites excluding steroid dienone is 5. The first-order valence-electron chi connectivity index (χ1n) is 7.88. The second kappa shape index (κ2) is 6.57. The molecule has 0 heterocycles. The highest BCUT2D eigenvalue weighted by Crippen LogP contribution is 2.35. The average Bonchev–Trinajstić information content (AvgIpc) is 3.08. The second-order valence-electron chi connectivity index (χ2n) is 5.60. The maximum atomic E-state index is 9.88. The summed E-state index contributed by atoms with van der Waals surface area (Å²) < 4.78 is 0. The zero-order valence-corrected chi connectivity index (χ0v) is 13.2. The molecular formula is C21H20O2. The molecule has 0 saturated carbocycles. The van der Waals surface area contributed by atoms with E-state index in [1.807, 2.05) is 24.3 Å². The third kappa shape index (κ3) is 3.21. The number of benzene rings is 2. The Morgan fingerprint density at radius 2 is 1.74 bits per heavy atom. The van der Waals surface area contributed by atoms with Gasteiger partial charge in [-0.2, -0.15) is 0 Å². The number of phenolic OH excluding ortho intramolecular Hbond substituents is 2. The molecule has 0 atom stereocenters. The van der Waals surface area contributed by atoms with Crippen molar-refractivity contribution in [3.05, 3.63) is 89.0 Å². The topological polar surface area (TPSA) is 40.5 Å². The van der Waals surface area contributed by atoms with Gasteiger partial charge in [0.15, 0.2) is 0 Å². The molecule has 0 amide bonds. The highest BCUT2D eigenvalue weighted by molar-refractivity contribution is 5.86. The monoisotopic (exact) mass is 304 g/mol.